The molecule has 0 aromatic carbocycles. The van der Waals surface area contributed by atoms with Crippen molar-refractivity contribution in [1.29, 1.82) is 0 Å². The summed E-state index contributed by atoms with van der Waals surface area (Å²) in [7, 11) is 0. The van der Waals surface area contributed by atoms with Crippen molar-refractivity contribution in [3.63, 3.8) is 0 Å². The highest BCUT2D eigenvalue weighted by atomic mass is 79.9. The van der Waals surface area contributed by atoms with Gasteiger partial charge in [-0.2, -0.15) is 0 Å². The summed E-state index contributed by atoms with van der Waals surface area (Å²) >= 11 is 5.53. The van der Waals surface area contributed by atoms with Gasteiger partial charge < -0.3 is 5.73 Å². The largest absolute Gasteiger partial charge is 0.329 e. The number of piperidine rings is 1. The van der Waals surface area contributed by atoms with Crippen molar-refractivity contribution in [1.82, 2.24) is 4.90 Å². The van der Waals surface area contributed by atoms with Crippen molar-refractivity contribution in [2.45, 2.75) is 58.0 Å². The van der Waals surface area contributed by atoms with Gasteiger partial charge in [0.2, 0.25) is 0 Å². The van der Waals surface area contributed by atoms with Crippen LogP contribution in [0.25, 0.3) is 0 Å². The Morgan fingerprint density at radius 1 is 1.53 bits per heavy atom. The lowest BCUT2D eigenvalue weighted by Gasteiger charge is -2.40. The summed E-state index contributed by atoms with van der Waals surface area (Å²) < 4.78 is 1.23. The second-order valence-electron chi connectivity index (χ2n) is 5.48. The second kappa shape index (κ2) is 7.21. The number of nitrogens with two attached hydrogens (primary N) is 1. The zero-order chi connectivity index (χ0) is 13.8. The number of hydrogen-bond donors (Lipinski definition) is 1. The molecule has 0 amide bonds. The van der Waals surface area contributed by atoms with Crippen LogP contribution in [0.2, 0.25) is 0 Å². The number of hydrogen-bond acceptors (Lipinski definition) is 3. The van der Waals surface area contributed by atoms with E-state index < -0.39 is 0 Å². The first-order valence-electron chi connectivity index (χ1n) is 7.39. The second-order valence-corrected chi connectivity index (χ2v) is 7.62. The van der Waals surface area contributed by atoms with Crippen LogP contribution in [0, 0.1) is 6.92 Å². The molecule has 108 valence electrons. The first-order valence-corrected chi connectivity index (χ1v) is 9.00. The van der Waals surface area contributed by atoms with E-state index >= 15 is 0 Å². The Morgan fingerprint density at radius 2 is 2.32 bits per heavy atom. The van der Waals surface area contributed by atoms with Gasteiger partial charge in [0, 0.05) is 26.8 Å². The molecule has 1 aliphatic heterocycles. The van der Waals surface area contributed by atoms with Crippen molar-refractivity contribution in [2.24, 2.45) is 5.73 Å². The van der Waals surface area contributed by atoms with Crippen LogP contribution in [0.3, 0.4) is 0 Å². The summed E-state index contributed by atoms with van der Waals surface area (Å²) in [6, 6.07) is 3.41. The number of likely N-dealkylation sites (tertiary alicyclic amines) is 1. The molecule has 2 rings (SSSR count). The first kappa shape index (κ1) is 15.5. The Bertz CT molecular complexity index is 383. The van der Waals surface area contributed by atoms with E-state index in [0.717, 1.165) is 12.6 Å². The minimum atomic E-state index is 0.409. The van der Waals surface area contributed by atoms with Crippen molar-refractivity contribution >= 4 is 27.3 Å². The minimum Gasteiger partial charge on any atom is -0.329 e. The van der Waals surface area contributed by atoms with E-state index in [1.54, 1.807) is 0 Å². The Hall–Kier alpha value is 0.1000. The highest BCUT2D eigenvalue weighted by Gasteiger charge is 2.29. The molecule has 1 fully saturated rings. The maximum Gasteiger partial charge on any atom is 0.0567 e. The third-order valence-electron chi connectivity index (χ3n) is 4.12. The van der Waals surface area contributed by atoms with Gasteiger partial charge in [-0.3, -0.25) is 4.90 Å². The number of halogens is 1. The summed E-state index contributed by atoms with van der Waals surface area (Å²) in [4.78, 5) is 5.46. The molecule has 2 nitrogen and oxygen atoms in total. The molecule has 1 aliphatic rings. The van der Waals surface area contributed by atoms with Crippen LogP contribution in [0.1, 0.15) is 54.8 Å². The standard InChI is InChI=1S/C15H25BrN2S/c1-3-6-12-7-4-5-8-18(12)14(10-17)15-9-13(16)11(2)19-15/h9,12,14H,3-8,10,17H2,1-2H3. The van der Waals surface area contributed by atoms with E-state index in [9.17, 15) is 0 Å². The molecule has 0 aliphatic carbocycles. The summed E-state index contributed by atoms with van der Waals surface area (Å²) in [6.07, 6.45) is 6.62. The van der Waals surface area contributed by atoms with Crippen molar-refractivity contribution in [3.05, 3.63) is 20.3 Å². The molecule has 0 bridgehead atoms. The fourth-order valence-corrected chi connectivity index (χ4v) is 4.83. The Kier molecular flexibility index (Phi) is 5.87. The van der Waals surface area contributed by atoms with Crippen LogP contribution in [0.4, 0.5) is 0 Å². The highest BCUT2D eigenvalue weighted by molar-refractivity contribution is 9.10. The van der Waals surface area contributed by atoms with E-state index in [-0.39, 0.29) is 0 Å². The Labute approximate surface area is 129 Å². The van der Waals surface area contributed by atoms with E-state index in [0.29, 0.717) is 6.04 Å². The number of thiophene rings is 1. The Morgan fingerprint density at radius 3 is 2.89 bits per heavy atom. The molecule has 2 N–H and O–H groups in total. The molecule has 1 aromatic rings. The maximum atomic E-state index is 6.10. The lowest BCUT2D eigenvalue weighted by atomic mass is 9.95. The van der Waals surface area contributed by atoms with Crippen LogP contribution in [0.5, 0.6) is 0 Å². The third kappa shape index (κ3) is 3.60. The molecular weight excluding hydrogens is 320 g/mol. The van der Waals surface area contributed by atoms with Gasteiger partial charge in [-0.1, -0.05) is 19.8 Å². The van der Waals surface area contributed by atoms with Crippen LogP contribution in [-0.4, -0.2) is 24.0 Å². The summed E-state index contributed by atoms with van der Waals surface area (Å²) in [5.41, 5.74) is 6.10. The molecule has 4 heteroatoms. The summed E-state index contributed by atoms with van der Waals surface area (Å²) in [5.74, 6) is 0. The first-order chi connectivity index (χ1) is 9.17. The average molecular weight is 345 g/mol. The highest BCUT2D eigenvalue weighted by Crippen LogP contribution is 2.36. The molecule has 1 saturated heterocycles. The van der Waals surface area contributed by atoms with Gasteiger partial charge in [-0.15, -0.1) is 11.3 Å². The quantitative estimate of drug-likeness (QED) is 0.853. The van der Waals surface area contributed by atoms with Gasteiger partial charge in [0.25, 0.3) is 0 Å². The normalized spacial score (nSPS) is 22.6. The van der Waals surface area contributed by atoms with E-state index in [4.69, 9.17) is 5.73 Å². The van der Waals surface area contributed by atoms with Crippen molar-refractivity contribution < 1.29 is 0 Å². The SMILES string of the molecule is CCCC1CCCCN1C(CN)c1cc(Br)c(C)s1. The minimum absolute atomic E-state index is 0.409. The van der Waals surface area contributed by atoms with E-state index in [2.05, 4.69) is 40.7 Å². The van der Waals surface area contributed by atoms with Gasteiger partial charge in [0.15, 0.2) is 0 Å². The van der Waals surface area contributed by atoms with Gasteiger partial charge >= 0.3 is 0 Å². The molecule has 2 heterocycles. The average Bonchev–Trinajstić information content (AvgIpc) is 2.73. The van der Waals surface area contributed by atoms with E-state index in [1.807, 2.05) is 11.3 Å². The summed E-state index contributed by atoms with van der Waals surface area (Å²) in [5, 5.41) is 0. The lowest BCUT2D eigenvalue weighted by molar-refractivity contribution is 0.0929. The predicted octanol–water partition coefficient (Wildman–Crippen LogP) is 4.47. The fourth-order valence-electron chi connectivity index (χ4n) is 3.14. The molecule has 2 unspecified atom stereocenters. The fraction of sp³-hybridized carbons (Fsp3) is 0.733. The van der Waals surface area contributed by atoms with Crippen LogP contribution >= 0.6 is 27.3 Å². The van der Waals surface area contributed by atoms with Crippen LogP contribution in [-0.2, 0) is 0 Å². The van der Waals surface area contributed by atoms with E-state index in [1.165, 1.54) is 52.9 Å². The number of nitrogens with zero attached hydrogens (tertiary/aromatic N) is 1. The topological polar surface area (TPSA) is 29.3 Å². The Balaban J connectivity index is 2.18. The van der Waals surface area contributed by atoms with Gasteiger partial charge in [0.1, 0.15) is 0 Å². The molecule has 0 spiro atoms. The monoisotopic (exact) mass is 344 g/mol. The third-order valence-corrected chi connectivity index (χ3v) is 6.36. The van der Waals surface area contributed by atoms with Crippen molar-refractivity contribution in [2.75, 3.05) is 13.1 Å². The van der Waals surface area contributed by atoms with Gasteiger partial charge in [-0.05, 0) is 54.7 Å². The lowest BCUT2D eigenvalue weighted by Crippen LogP contribution is -2.44. The zero-order valence-corrected chi connectivity index (χ0v) is 14.4. The molecule has 2 atom stereocenters. The molecular formula is C15H25BrN2S. The van der Waals surface area contributed by atoms with Crippen molar-refractivity contribution in [3.8, 4) is 0 Å². The molecule has 1 aromatic heterocycles. The zero-order valence-electron chi connectivity index (χ0n) is 12.0. The summed E-state index contributed by atoms with van der Waals surface area (Å²) in [6.45, 7) is 6.40. The number of rotatable bonds is 5. The molecule has 0 radical (unpaired) electrons. The molecule has 19 heavy (non-hydrogen) atoms. The smallest absolute Gasteiger partial charge is 0.0567 e. The van der Waals surface area contributed by atoms with Crippen LogP contribution < -0.4 is 5.73 Å². The van der Waals surface area contributed by atoms with Gasteiger partial charge in [0.05, 0.1) is 6.04 Å². The van der Waals surface area contributed by atoms with Gasteiger partial charge in [-0.25, -0.2) is 0 Å². The number of aryl methyl sites for hydroxylation is 1. The maximum absolute atomic E-state index is 6.10. The van der Waals surface area contributed by atoms with Crippen LogP contribution in [0.15, 0.2) is 10.5 Å². The predicted molar refractivity (Wildman–Crippen MR) is 87.8 cm³/mol. The molecule has 0 saturated carbocycles.